The van der Waals surface area contributed by atoms with E-state index in [4.69, 9.17) is 9.84 Å². The molecule has 2 N–H and O–H groups in total. The second kappa shape index (κ2) is 4.63. The highest BCUT2D eigenvalue weighted by Gasteiger charge is 2.27. The number of nitrogens with zero attached hydrogens (tertiary/aromatic N) is 2. The number of hydrogen-bond acceptors (Lipinski definition) is 5. The number of H-pyrrole nitrogens is 1. The van der Waals surface area contributed by atoms with Gasteiger partial charge in [0.2, 0.25) is 0 Å². The molecule has 1 aromatic heterocycles. The van der Waals surface area contributed by atoms with Crippen molar-refractivity contribution in [1.82, 2.24) is 9.97 Å². The van der Waals surface area contributed by atoms with Gasteiger partial charge >= 0.3 is 0 Å². The predicted octanol–water partition coefficient (Wildman–Crippen LogP) is -0.644. The molecule has 1 aliphatic rings. The maximum atomic E-state index is 11.6. The Labute approximate surface area is 92.9 Å². The Morgan fingerprint density at radius 3 is 3.25 bits per heavy atom. The van der Waals surface area contributed by atoms with E-state index >= 15 is 0 Å². The van der Waals surface area contributed by atoms with Crippen LogP contribution in [0.5, 0.6) is 0 Å². The lowest BCUT2D eigenvalue weighted by Gasteiger charge is -2.37. The van der Waals surface area contributed by atoms with Gasteiger partial charge in [-0.25, -0.2) is 4.98 Å². The number of nitrogens with one attached hydrogen (secondary N) is 1. The third-order valence-corrected chi connectivity index (χ3v) is 2.67. The van der Waals surface area contributed by atoms with E-state index in [1.54, 1.807) is 6.20 Å². The molecule has 1 aromatic rings. The van der Waals surface area contributed by atoms with Crippen LogP contribution in [0.15, 0.2) is 17.2 Å². The van der Waals surface area contributed by atoms with Crippen LogP contribution in [0.4, 0.5) is 5.82 Å². The molecule has 1 fully saturated rings. The summed E-state index contributed by atoms with van der Waals surface area (Å²) >= 11 is 0. The van der Waals surface area contributed by atoms with Gasteiger partial charge in [-0.05, 0) is 6.92 Å². The predicted molar refractivity (Wildman–Crippen MR) is 58.5 cm³/mol. The fraction of sp³-hybridized carbons (Fsp3) is 0.600. The Hall–Kier alpha value is -1.40. The van der Waals surface area contributed by atoms with E-state index in [2.05, 4.69) is 9.97 Å². The number of rotatable bonds is 2. The smallest absolute Gasteiger partial charge is 0.290 e. The quantitative estimate of drug-likeness (QED) is 0.699. The van der Waals surface area contributed by atoms with Gasteiger partial charge in [-0.3, -0.25) is 4.79 Å². The van der Waals surface area contributed by atoms with Gasteiger partial charge in [0, 0.05) is 18.9 Å². The average molecular weight is 225 g/mol. The number of aromatic amines is 1. The molecular weight excluding hydrogens is 210 g/mol. The van der Waals surface area contributed by atoms with Crippen LogP contribution in [0, 0.1) is 0 Å². The van der Waals surface area contributed by atoms with Gasteiger partial charge in [0.05, 0.1) is 25.4 Å². The van der Waals surface area contributed by atoms with Crippen LogP contribution in [0.1, 0.15) is 6.92 Å². The van der Waals surface area contributed by atoms with Crippen molar-refractivity contribution in [2.45, 2.75) is 19.1 Å². The molecule has 2 atom stereocenters. The molecule has 0 saturated carbocycles. The van der Waals surface area contributed by atoms with Crippen LogP contribution >= 0.6 is 0 Å². The fourth-order valence-corrected chi connectivity index (χ4v) is 1.77. The first-order valence-electron chi connectivity index (χ1n) is 5.25. The van der Waals surface area contributed by atoms with Crippen LogP contribution in [0.3, 0.4) is 0 Å². The van der Waals surface area contributed by atoms with Crippen molar-refractivity contribution in [3.8, 4) is 0 Å². The minimum absolute atomic E-state index is 0.0477. The lowest BCUT2D eigenvalue weighted by molar-refractivity contribution is -0.0106. The van der Waals surface area contributed by atoms with E-state index in [0.29, 0.717) is 19.0 Å². The molecule has 0 amide bonds. The highest BCUT2D eigenvalue weighted by molar-refractivity contribution is 5.37. The van der Waals surface area contributed by atoms with Crippen molar-refractivity contribution in [1.29, 1.82) is 0 Å². The zero-order valence-electron chi connectivity index (χ0n) is 9.09. The Morgan fingerprint density at radius 1 is 1.75 bits per heavy atom. The van der Waals surface area contributed by atoms with E-state index in [1.165, 1.54) is 6.20 Å². The molecule has 0 bridgehead atoms. The molecule has 16 heavy (non-hydrogen) atoms. The van der Waals surface area contributed by atoms with Crippen LogP contribution in [-0.2, 0) is 4.74 Å². The van der Waals surface area contributed by atoms with Crippen molar-refractivity contribution in [3.05, 3.63) is 22.7 Å². The highest BCUT2D eigenvalue weighted by atomic mass is 16.5. The van der Waals surface area contributed by atoms with Crippen LogP contribution < -0.4 is 10.5 Å². The number of anilines is 1. The van der Waals surface area contributed by atoms with Crippen LogP contribution in [0.2, 0.25) is 0 Å². The monoisotopic (exact) mass is 225 g/mol. The average Bonchev–Trinajstić information content (AvgIpc) is 2.31. The highest BCUT2D eigenvalue weighted by Crippen LogP contribution is 2.15. The van der Waals surface area contributed by atoms with Gasteiger partial charge < -0.3 is 19.7 Å². The fourth-order valence-electron chi connectivity index (χ4n) is 1.77. The maximum Gasteiger partial charge on any atom is 0.290 e. The first-order valence-corrected chi connectivity index (χ1v) is 5.25. The normalized spacial score (nSPS) is 25.8. The summed E-state index contributed by atoms with van der Waals surface area (Å²) in [6.07, 6.45) is 2.80. The zero-order chi connectivity index (χ0) is 11.5. The molecule has 2 heterocycles. The summed E-state index contributed by atoms with van der Waals surface area (Å²) in [6, 6.07) is 0.0822. The molecule has 0 aromatic carbocycles. The standard InChI is InChI=1S/C10H15N3O3/c1-7-6-16-8(5-14)4-13(7)9-10(15)12-3-2-11-9/h2-3,7-8,14H,4-6H2,1H3,(H,12,15). The summed E-state index contributed by atoms with van der Waals surface area (Å²) < 4.78 is 5.40. The molecular formula is C10H15N3O3. The number of hydrogen-bond donors (Lipinski definition) is 2. The molecule has 2 unspecified atom stereocenters. The molecule has 0 spiro atoms. The van der Waals surface area contributed by atoms with Crippen molar-refractivity contribution in [3.63, 3.8) is 0 Å². The van der Waals surface area contributed by atoms with Gasteiger partial charge in [-0.15, -0.1) is 0 Å². The summed E-state index contributed by atoms with van der Waals surface area (Å²) in [5.41, 5.74) is -0.215. The van der Waals surface area contributed by atoms with Crippen molar-refractivity contribution < 1.29 is 9.84 Å². The van der Waals surface area contributed by atoms with Gasteiger partial charge in [-0.2, -0.15) is 0 Å². The molecule has 1 aliphatic heterocycles. The molecule has 6 nitrogen and oxygen atoms in total. The first-order chi connectivity index (χ1) is 7.72. The van der Waals surface area contributed by atoms with E-state index in [9.17, 15) is 4.79 Å². The lowest BCUT2D eigenvalue weighted by Crippen LogP contribution is -2.51. The Kier molecular flexibility index (Phi) is 3.21. The summed E-state index contributed by atoms with van der Waals surface area (Å²) in [5, 5.41) is 9.05. The van der Waals surface area contributed by atoms with Crippen molar-refractivity contribution in [2.75, 3.05) is 24.7 Å². The van der Waals surface area contributed by atoms with E-state index in [0.717, 1.165) is 0 Å². The number of aromatic nitrogens is 2. The van der Waals surface area contributed by atoms with Crippen molar-refractivity contribution >= 4 is 5.82 Å². The Balaban J connectivity index is 2.25. The minimum Gasteiger partial charge on any atom is -0.394 e. The van der Waals surface area contributed by atoms with Crippen LogP contribution in [0.25, 0.3) is 0 Å². The van der Waals surface area contributed by atoms with Gasteiger partial charge in [0.1, 0.15) is 0 Å². The first kappa shape index (κ1) is 11.1. The molecule has 2 rings (SSSR count). The third kappa shape index (κ3) is 2.07. The molecule has 88 valence electrons. The largest absolute Gasteiger partial charge is 0.394 e. The molecule has 6 heteroatoms. The minimum atomic E-state index is -0.252. The molecule has 0 aliphatic carbocycles. The SMILES string of the molecule is CC1COC(CO)CN1c1ncc[nH]c1=O. The summed E-state index contributed by atoms with van der Waals surface area (Å²) in [4.78, 5) is 20.1. The van der Waals surface area contributed by atoms with Gasteiger partial charge in [0.15, 0.2) is 5.82 Å². The van der Waals surface area contributed by atoms with Gasteiger partial charge in [0.25, 0.3) is 5.56 Å². The lowest BCUT2D eigenvalue weighted by atomic mass is 10.2. The summed E-state index contributed by atoms with van der Waals surface area (Å²) in [7, 11) is 0. The van der Waals surface area contributed by atoms with E-state index in [1.807, 2.05) is 11.8 Å². The second-order valence-corrected chi connectivity index (χ2v) is 3.88. The number of aliphatic hydroxyl groups excluding tert-OH is 1. The number of aliphatic hydroxyl groups is 1. The number of ether oxygens (including phenoxy) is 1. The third-order valence-electron chi connectivity index (χ3n) is 2.67. The zero-order valence-corrected chi connectivity index (χ0v) is 9.09. The van der Waals surface area contributed by atoms with Gasteiger partial charge in [-0.1, -0.05) is 0 Å². The van der Waals surface area contributed by atoms with E-state index < -0.39 is 0 Å². The van der Waals surface area contributed by atoms with Crippen molar-refractivity contribution in [2.24, 2.45) is 0 Å². The molecule has 0 radical (unpaired) electrons. The molecule has 1 saturated heterocycles. The second-order valence-electron chi connectivity index (χ2n) is 3.88. The van der Waals surface area contributed by atoms with E-state index in [-0.39, 0.29) is 24.3 Å². The summed E-state index contributed by atoms with van der Waals surface area (Å²) in [6.45, 7) is 2.88. The topological polar surface area (TPSA) is 78.5 Å². The maximum absolute atomic E-state index is 11.6. The Bertz CT molecular complexity index is 406. The van der Waals surface area contributed by atoms with Crippen LogP contribution in [-0.4, -0.2) is 47.0 Å². The Morgan fingerprint density at radius 2 is 2.56 bits per heavy atom. The summed E-state index contributed by atoms with van der Waals surface area (Å²) in [5.74, 6) is 0.386. The number of morpholine rings is 1.